The Morgan fingerprint density at radius 1 is 1.38 bits per heavy atom. The molecule has 108 valence electrons. The number of furan rings is 1. The van der Waals surface area contributed by atoms with E-state index in [1.165, 1.54) is 6.08 Å². The van der Waals surface area contributed by atoms with Crippen LogP contribution in [0.25, 0.3) is 6.08 Å². The van der Waals surface area contributed by atoms with Crippen molar-refractivity contribution in [1.82, 2.24) is 9.88 Å². The molecule has 3 rings (SSSR count). The second kappa shape index (κ2) is 6.26. The molecule has 21 heavy (non-hydrogen) atoms. The van der Waals surface area contributed by atoms with E-state index < -0.39 is 0 Å². The van der Waals surface area contributed by atoms with Gasteiger partial charge in [-0.05, 0) is 30.3 Å². The first-order chi connectivity index (χ1) is 10.3. The fourth-order valence-electron chi connectivity index (χ4n) is 2.28. The van der Waals surface area contributed by atoms with Crippen LogP contribution in [-0.2, 0) is 4.79 Å². The monoisotopic (exact) mass is 284 g/mol. The number of nitrogens with zero attached hydrogens (tertiary/aromatic N) is 2. The minimum atomic E-state index is -0.0211. The molecule has 0 bridgehead atoms. The van der Waals surface area contributed by atoms with Crippen molar-refractivity contribution in [2.75, 3.05) is 13.1 Å². The summed E-state index contributed by atoms with van der Waals surface area (Å²) in [4.78, 5) is 17.8. The van der Waals surface area contributed by atoms with Crippen LogP contribution in [0, 0.1) is 0 Å². The molecule has 0 saturated carbocycles. The third-order valence-electron chi connectivity index (χ3n) is 3.34. The highest BCUT2D eigenvalue weighted by atomic mass is 16.5. The van der Waals surface area contributed by atoms with Crippen molar-refractivity contribution in [1.29, 1.82) is 0 Å². The second-order valence-electron chi connectivity index (χ2n) is 4.84. The molecule has 2 aromatic rings. The second-order valence-corrected chi connectivity index (χ2v) is 4.84. The van der Waals surface area contributed by atoms with Gasteiger partial charge in [0.15, 0.2) is 0 Å². The summed E-state index contributed by atoms with van der Waals surface area (Å²) in [5, 5.41) is 0. The molecule has 1 aliphatic rings. The first-order valence-electron chi connectivity index (χ1n) is 6.88. The minimum Gasteiger partial charge on any atom is -0.488 e. The summed E-state index contributed by atoms with van der Waals surface area (Å²) in [6.07, 6.45) is 9.06. The molecule has 1 unspecified atom stereocenters. The molecule has 5 nitrogen and oxygen atoms in total. The first kappa shape index (κ1) is 13.4. The lowest BCUT2D eigenvalue weighted by atomic mass is 10.3. The Morgan fingerprint density at radius 2 is 2.24 bits per heavy atom. The Balaban J connectivity index is 1.53. The molecule has 1 amide bonds. The van der Waals surface area contributed by atoms with Crippen LogP contribution in [-0.4, -0.2) is 35.0 Å². The zero-order valence-corrected chi connectivity index (χ0v) is 11.5. The van der Waals surface area contributed by atoms with Gasteiger partial charge in [0.2, 0.25) is 5.91 Å². The molecule has 1 atom stereocenters. The van der Waals surface area contributed by atoms with E-state index in [1.54, 1.807) is 35.7 Å². The smallest absolute Gasteiger partial charge is 0.246 e. The molecule has 0 N–H and O–H groups in total. The van der Waals surface area contributed by atoms with Crippen molar-refractivity contribution in [2.45, 2.75) is 12.5 Å². The first-order valence-corrected chi connectivity index (χ1v) is 6.88. The van der Waals surface area contributed by atoms with E-state index in [9.17, 15) is 4.79 Å². The minimum absolute atomic E-state index is 0.0211. The molecular formula is C16H16N2O3. The number of carbonyl (C=O) groups excluding carboxylic acids is 1. The van der Waals surface area contributed by atoms with Gasteiger partial charge in [0.1, 0.15) is 17.6 Å². The van der Waals surface area contributed by atoms with Gasteiger partial charge in [0.25, 0.3) is 0 Å². The topological polar surface area (TPSA) is 55.6 Å². The van der Waals surface area contributed by atoms with Crippen LogP contribution in [0.1, 0.15) is 12.2 Å². The zero-order chi connectivity index (χ0) is 14.5. The van der Waals surface area contributed by atoms with Gasteiger partial charge < -0.3 is 14.1 Å². The highest BCUT2D eigenvalue weighted by molar-refractivity contribution is 5.91. The van der Waals surface area contributed by atoms with Crippen molar-refractivity contribution in [3.63, 3.8) is 0 Å². The van der Waals surface area contributed by atoms with E-state index in [-0.39, 0.29) is 12.0 Å². The zero-order valence-electron chi connectivity index (χ0n) is 11.5. The molecule has 0 spiro atoms. The van der Waals surface area contributed by atoms with Crippen molar-refractivity contribution in [3.05, 3.63) is 54.8 Å². The third kappa shape index (κ3) is 3.51. The molecule has 1 aliphatic heterocycles. The van der Waals surface area contributed by atoms with Gasteiger partial charge in [-0.2, -0.15) is 0 Å². The van der Waals surface area contributed by atoms with Gasteiger partial charge in [0.05, 0.1) is 12.8 Å². The van der Waals surface area contributed by atoms with Crippen molar-refractivity contribution >= 4 is 12.0 Å². The van der Waals surface area contributed by atoms with Gasteiger partial charge in [-0.3, -0.25) is 9.78 Å². The van der Waals surface area contributed by atoms with Crippen molar-refractivity contribution < 1.29 is 13.9 Å². The van der Waals surface area contributed by atoms with E-state index in [2.05, 4.69) is 4.98 Å². The lowest BCUT2D eigenvalue weighted by Gasteiger charge is -2.15. The summed E-state index contributed by atoms with van der Waals surface area (Å²) >= 11 is 0. The molecule has 1 saturated heterocycles. The molecule has 0 aromatic carbocycles. The summed E-state index contributed by atoms with van der Waals surface area (Å²) in [7, 11) is 0. The quantitative estimate of drug-likeness (QED) is 0.809. The van der Waals surface area contributed by atoms with Crippen molar-refractivity contribution in [3.8, 4) is 5.75 Å². The van der Waals surface area contributed by atoms with E-state index in [0.29, 0.717) is 18.8 Å². The van der Waals surface area contributed by atoms with E-state index >= 15 is 0 Å². The van der Waals surface area contributed by atoms with Crippen LogP contribution >= 0.6 is 0 Å². The average Bonchev–Trinajstić information content (AvgIpc) is 3.17. The Labute approximate surface area is 122 Å². The number of amides is 1. The number of hydrogen-bond donors (Lipinski definition) is 0. The Bertz CT molecular complexity index is 608. The van der Waals surface area contributed by atoms with Crippen LogP contribution in [0.5, 0.6) is 5.75 Å². The van der Waals surface area contributed by atoms with Crippen LogP contribution in [0.4, 0.5) is 0 Å². The number of likely N-dealkylation sites (tertiary alicyclic amines) is 1. The van der Waals surface area contributed by atoms with Crippen LogP contribution in [0.3, 0.4) is 0 Å². The Morgan fingerprint density at radius 3 is 3.00 bits per heavy atom. The normalized spacial score (nSPS) is 18.3. The maximum Gasteiger partial charge on any atom is 0.246 e. The number of aromatic nitrogens is 1. The largest absolute Gasteiger partial charge is 0.488 e. The van der Waals surface area contributed by atoms with Gasteiger partial charge >= 0.3 is 0 Å². The SMILES string of the molecule is O=C(C=Cc1ccco1)N1CCC(Oc2ccncc2)C1. The lowest BCUT2D eigenvalue weighted by Crippen LogP contribution is -2.29. The number of rotatable bonds is 4. The summed E-state index contributed by atoms with van der Waals surface area (Å²) in [5.74, 6) is 1.44. The molecule has 0 aliphatic carbocycles. The third-order valence-corrected chi connectivity index (χ3v) is 3.34. The van der Waals surface area contributed by atoms with E-state index in [4.69, 9.17) is 9.15 Å². The van der Waals surface area contributed by atoms with E-state index in [1.807, 2.05) is 18.2 Å². The number of hydrogen-bond acceptors (Lipinski definition) is 4. The Kier molecular flexibility index (Phi) is 4.00. The predicted molar refractivity (Wildman–Crippen MR) is 77.6 cm³/mol. The maximum atomic E-state index is 12.1. The Hall–Kier alpha value is -2.56. The van der Waals surface area contributed by atoms with E-state index in [0.717, 1.165) is 12.2 Å². The van der Waals surface area contributed by atoms with Gasteiger partial charge in [-0.25, -0.2) is 0 Å². The van der Waals surface area contributed by atoms with Crippen molar-refractivity contribution in [2.24, 2.45) is 0 Å². The molecule has 3 heterocycles. The number of carbonyl (C=O) groups is 1. The van der Waals surface area contributed by atoms with Gasteiger partial charge in [-0.15, -0.1) is 0 Å². The average molecular weight is 284 g/mol. The van der Waals surface area contributed by atoms with Crippen LogP contribution in [0.15, 0.2) is 53.4 Å². The standard InChI is InChI=1S/C16H16N2O3/c19-16(4-3-13-2-1-11-20-13)18-10-7-15(12-18)21-14-5-8-17-9-6-14/h1-6,8-9,11,15H,7,10,12H2. The molecule has 5 heteroatoms. The van der Waals surface area contributed by atoms with Gasteiger partial charge in [0, 0.05) is 31.4 Å². The maximum absolute atomic E-state index is 12.1. The highest BCUT2D eigenvalue weighted by Gasteiger charge is 2.26. The predicted octanol–water partition coefficient (Wildman–Crippen LogP) is 2.37. The van der Waals surface area contributed by atoms with Crippen LogP contribution < -0.4 is 4.74 Å². The lowest BCUT2D eigenvalue weighted by molar-refractivity contribution is -0.125. The summed E-state index contributed by atoms with van der Waals surface area (Å²) < 4.78 is 11.0. The summed E-state index contributed by atoms with van der Waals surface area (Å²) in [6, 6.07) is 7.24. The fraction of sp³-hybridized carbons (Fsp3) is 0.250. The number of ether oxygens (including phenoxy) is 1. The van der Waals surface area contributed by atoms with Crippen LogP contribution in [0.2, 0.25) is 0 Å². The molecule has 1 fully saturated rings. The summed E-state index contributed by atoms with van der Waals surface area (Å²) in [6.45, 7) is 1.31. The summed E-state index contributed by atoms with van der Waals surface area (Å²) in [5.41, 5.74) is 0. The molecule has 2 aromatic heterocycles. The molecule has 0 radical (unpaired) electrons. The van der Waals surface area contributed by atoms with Gasteiger partial charge in [-0.1, -0.05) is 0 Å². The molecular weight excluding hydrogens is 268 g/mol. The number of pyridine rings is 1. The fourth-order valence-corrected chi connectivity index (χ4v) is 2.28. The highest BCUT2D eigenvalue weighted by Crippen LogP contribution is 2.18.